The molecule has 0 aliphatic carbocycles. The maximum Gasteiger partial charge on any atom is 0.229 e. The first-order valence-corrected chi connectivity index (χ1v) is 11.6. The molecule has 1 aliphatic heterocycles. The van der Waals surface area contributed by atoms with Crippen molar-refractivity contribution in [3.63, 3.8) is 0 Å². The SMILES string of the molecule is Cc1cc(Nc2nc(Nc3cccc(F)c3)ncc2Cl)c(OC(C)C)cc1C1CCNCC1. The van der Waals surface area contributed by atoms with E-state index in [-0.39, 0.29) is 11.9 Å². The summed E-state index contributed by atoms with van der Waals surface area (Å²) in [6.07, 6.45) is 3.75. The normalized spacial score (nSPS) is 14.4. The van der Waals surface area contributed by atoms with Crippen LogP contribution in [-0.2, 0) is 0 Å². The lowest BCUT2D eigenvalue weighted by Crippen LogP contribution is -2.27. The van der Waals surface area contributed by atoms with Gasteiger partial charge in [0.05, 0.1) is 18.0 Å². The van der Waals surface area contributed by atoms with Gasteiger partial charge >= 0.3 is 0 Å². The predicted octanol–water partition coefficient (Wildman–Crippen LogP) is 6.32. The van der Waals surface area contributed by atoms with E-state index in [0.717, 1.165) is 37.4 Å². The number of aromatic nitrogens is 2. The Balaban J connectivity index is 1.63. The van der Waals surface area contributed by atoms with E-state index < -0.39 is 0 Å². The fourth-order valence-electron chi connectivity index (χ4n) is 4.06. The van der Waals surface area contributed by atoms with Crippen molar-refractivity contribution in [1.29, 1.82) is 0 Å². The number of rotatable bonds is 7. The van der Waals surface area contributed by atoms with Gasteiger partial charge in [-0.15, -0.1) is 0 Å². The number of aryl methyl sites for hydroxylation is 1. The van der Waals surface area contributed by atoms with Gasteiger partial charge in [-0.2, -0.15) is 4.98 Å². The molecule has 1 aromatic heterocycles. The zero-order valence-corrected chi connectivity index (χ0v) is 19.8. The fourth-order valence-corrected chi connectivity index (χ4v) is 4.20. The first-order chi connectivity index (χ1) is 15.9. The minimum Gasteiger partial charge on any atom is -0.489 e. The largest absolute Gasteiger partial charge is 0.489 e. The van der Waals surface area contributed by atoms with Gasteiger partial charge < -0.3 is 20.7 Å². The third-order valence-corrected chi connectivity index (χ3v) is 5.86. The molecular weight excluding hydrogens is 441 g/mol. The highest BCUT2D eigenvalue weighted by atomic mass is 35.5. The van der Waals surface area contributed by atoms with Crippen LogP contribution in [0, 0.1) is 12.7 Å². The van der Waals surface area contributed by atoms with Crippen LogP contribution in [0.5, 0.6) is 5.75 Å². The van der Waals surface area contributed by atoms with Crippen LogP contribution in [0.3, 0.4) is 0 Å². The smallest absolute Gasteiger partial charge is 0.229 e. The van der Waals surface area contributed by atoms with Gasteiger partial charge in [0.2, 0.25) is 5.95 Å². The van der Waals surface area contributed by atoms with Crippen LogP contribution in [0.4, 0.5) is 27.5 Å². The molecule has 0 bridgehead atoms. The first-order valence-electron chi connectivity index (χ1n) is 11.2. The summed E-state index contributed by atoms with van der Waals surface area (Å²) in [5, 5.41) is 10.1. The van der Waals surface area contributed by atoms with Gasteiger partial charge in [0.15, 0.2) is 5.82 Å². The summed E-state index contributed by atoms with van der Waals surface area (Å²) in [4.78, 5) is 8.72. The first kappa shape index (κ1) is 23.3. The summed E-state index contributed by atoms with van der Waals surface area (Å²) >= 11 is 6.40. The van der Waals surface area contributed by atoms with Crippen molar-refractivity contribution in [2.45, 2.75) is 45.6 Å². The van der Waals surface area contributed by atoms with Crippen LogP contribution in [0.15, 0.2) is 42.6 Å². The van der Waals surface area contributed by atoms with Gasteiger partial charge in [-0.05, 0) is 94.1 Å². The molecule has 1 fully saturated rings. The molecule has 0 amide bonds. The van der Waals surface area contributed by atoms with Gasteiger partial charge in [0.25, 0.3) is 0 Å². The lowest BCUT2D eigenvalue weighted by atomic mass is 9.87. The molecule has 2 heterocycles. The zero-order valence-electron chi connectivity index (χ0n) is 19.1. The number of piperidine rings is 1. The van der Waals surface area contributed by atoms with Crippen LogP contribution in [0.1, 0.15) is 43.7 Å². The second-order valence-electron chi connectivity index (χ2n) is 8.55. The standard InChI is InChI=1S/C25H29ClFN5O/c1-15(2)33-23-13-20(17-7-9-28-10-8-17)16(3)11-22(23)31-24-21(26)14-29-25(32-24)30-19-6-4-5-18(27)12-19/h4-6,11-15,17,28H,7-10H2,1-3H3,(H2,29,30,31,32). The Labute approximate surface area is 198 Å². The van der Waals surface area contributed by atoms with E-state index in [1.54, 1.807) is 12.1 Å². The van der Waals surface area contributed by atoms with Crippen molar-refractivity contribution in [1.82, 2.24) is 15.3 Å². The molecule has 0 saturated carbocycles. The molecule has 0 atom stereocenters. The average molecular weight is 470 g/mol. The number of halogens is 2. The molecule has 174 valence electrons. The molecule has 8 heteroatoms. The number of nitrogens with zero attached hydrogens (tertiary/aromatic N) is 2. The van der Waals surface area contributed by atoms with Crippen molar-refractivity contribution in [3.8, 4) is 5.75 Å². The van der Waals surface area contributed by atoms with Gasteiger partial charge in [-0.1, -0.05) is 17.7 Å². The molecule has 3 aromatic rings. The van der Waals surface area contributed by atoms with Crippen molar-refractivity contribution < 1.29 is 9.13 Å². The number of benzene rings is 2. The summed E-state index contributed by atoms with van der Waals surface area (Å²) in [7, 11) is 0. The van der Waals surface area contributed by atoms with Crippen molar-refractivity contribution in [3.05, 3.63) is 64.6 Å². The Morgan fingerprint density at radius 2 is 1.94 bits per heavy atom. The van der Waals surface area contributed by atoms with Crippen molar-refractivity contribution >= 4 is 34.7 Å². The molecule has 33 heavy (non-hydrogen) atoms. The van der Waals surface area contributed by atoms with Crippen LogP contribution < -0.4 is 20.7 Å². The second-order valence-corrected chi connectivity index (χ2v) is 8.95. The molecule has 2 aromatic carbocycles. The molecule has 4 rings (SSSR count). The molecular formula is C25H29ClFN5O. The maximum atomic E-state index is 13.5. The molecule has 6 nitrogen and oxygen atoms in total. The molecule has 0 radical (unpaired) electrons. The fraction of sp³-hybridized carbons (Fsp3) is 0.360. The van der Waals surface area contributed by atoms with Gasteiger partial charge in [0, 0.05) is 5.69 Å². The molecule has 0 unspecified atom stereocenters. The monoisotopic (exact) mass is 469 g/mol. The highest BCUT2D eigenvalue weighted by Crippen LogP contribution is 2.38. The number of hydrogen-bond acceptors (Lipinski definition) is 6. The Morgan fingerprint density at radius 1 is 1.15 bits per heavy atom. The number of hydrogen-bond donors (Lipinski definition) is 3. The topological polar surface area (TPSA) is 71.1 Å². The van der Waals surface area contributed by atoms with E-state index in [1.807, 2.05) is 13.8 Å². The summed E-state index contributed by atoms with van der Waals surface area (Å²) in [6, 6.07) is 10.4. The Bertz CT molecular complexity index is 1120. The molecule has 1 saturated heterocycles. The maximum absolute atomic E-state index is 13.5. The summed E-state index contributed by atoms with van der Waals surface area (Å²) in [5.41, 5.74) is 3.86. The minimum absolute atomic E-state index is 0.0141. The highest BCUT2D eigenvalue weighted by molar-refractivity contribution is 6.32. The summed E-state index contributed by atoms with van der Waals surface area (Å²) in [6.45, 7) is 8.20. The van der Waals surface area contributed by atoms with Gasteiger partial charge in [-0.3, -0.25) is 0 Å². The predicted molar refractivity (Wildman–Crippen MR) is 132 cm³/mol. The van der Waals surface area contributed by atoms with E-state index >= 15 is 0 Å². The van der Waals surface area contributed by atoms with Crippen molar-refractivity contribution in [2.24, 2.45) is 0 Å². The van der Waals surface area contributed by atoms with E-state index in [4.69, 9.17) is 16.3 Å². The zero-order chi connectivity index (χ0) is 23.4. The Morgan fingerprint density at radius 3 is 2.67 bits per heavy atom. The number of ether oxygens (including phenoxy) is 1. The van der Waals surface area contributed by atoms with E-state index in [9.17, 15) is 4.39 Å². The summed E-state index contributed by atoms with van der Waals surface area (Å²) in [5.74, 6) is 1.68. The number of anilines is 4. The Hall–Kier alpha value is -2.90. The highest BCUT2D eigenvalue weighted by Gasteiger charge is 2.20. The summed E-state index contributed by atoms with van der Waals surface area (Å²) < 4.78 is 19.7. The average Bonchev–Trinajstić information content (AvgIpc) is 2.78. The van der Waals surface area contributed by atoms with Crippen LogP contribution >= 0.6 is 11.6 Å². The second kappa shape index (κ2) is 10.4. The van der Waals surface area contributed by atoms with E-state index in [1.165, 1.54) is 29.5 Å². The van der Waals surface area contributed by atoms with Crippen LogP contribution in [-0.4, -0.2) is 29.2 Å². The van der Waals surface area contributed by atoms with Crippen LogP contribution in [0.25, 0.3) is 0 Å². The number of nitrogens with one attached hydrogen (secondary N) is 3. The van der Waals surface area contributed by atoms with Gasteiger partial charge in [0.1, 0.15) is 16.6 Å². The van der Waals surface area contributed by atoms with Crippen LogP contribution in [0.2, 0.25) is 5.02 Å². The van der Waals surface area contributed by atoms with Gasteiger partial charge in [-0.25, -0.2) is 9.37 Å². The third-order valence-electron chi connectivity index (χ3n) is 5.59. The lowest BCUT2D eigenvalue weighted by Gasteiger charge is -2.26. The minimum atomic E-state index is -0.341. The lowest BCUT2D eigenvalue weighted by molar-refractivity contribution is 0.243. The third kappa shape index (κ3) is 5.92. The quantitative estimate of drug-likeness (QED) is 0.376. The van der Waals surface area contributed by atoms with E-state index in [2.05, 4.69) is 45.0 Å². The van der Waals surface area contributed by atoms with E-state index in [0.29, 0.717) is 28.4 Å². The Kier molecular flexibility index (Phi) is 7.30. The molecule has 0 spiro atoms. The van der Waals surface area contributed by atoms with Crippen molar-refractivity contribution in [2.75, 3.05) is 23.7 Å². The molecule has 1 aliphatic rings. The molecule has 3 N–H and O–H groups in total.